The molecule has 0 atom stereocenters. The van der Waals surface area contributed by atoms with Gasteiger partial charge < -0.3 is 19.5 Å². The molecule has 3 aromatic heterocycles. The molecular weight excluding hydrogens is 460 g/mol. The molecule has 2 N–H and O–H groups in total. The highest BCUT2D eigenvalue weighted by Gasteiger charge is 2.24. The van der Waals surface area contributed by atoms with Crippen molar-refractivity contribution in [3.05, 3.63) is 89.9 Å². The van der Waals surface area contributed by atoms with Crippen molar-refractivity contribution < 1.29 is 38.7 Å². The normalized spacial score (nSPS) is 10.4. The molecule has 4 aromatic rings. The number of hydrogen-bond donors (Lipinski definition) is 2. The summed E-state index contributed by atoms with van der Waals surface area (Å²) in [5.74, 6) is 0.497. The maximum absolute atomic E-state index is 10.9. The summed E-state index contributed by atoms with van der Waals surface area (Å²) in [5.41, 5.74) is 2.72. The second kappa shape index (κ2) is 10.7. The predicted octanol–water partition coefficient (Wildman–Crippen LogP) is 4.33. The molecule has 3 heterocycles. The average Bonchev–Trinajstić information content (AvgIpc) is 3.31. The van der Waals surface area contributed by atoms with Crippen LogP contribution in [0.2, 0.25) is 0 Å². The van der Waals surface area contributed by atoms with E-state index in [4.69, 9.17) is 19.5 Å². The molecule has 0 fully saturated rings. The third-order valence-electron chi connectivity index (χ3n) is 4.54. The van der Waals surface area contributed by atoms with Crippen LogP contribution < -0.4 is 9.96 Å². The number of hydrogen-bond acceptors (Lipinski definition) is 10. The van der Waals surface area contributed by atoms with E-state index in [9.17, 15) is 9.59 Å². The van der Waals surface area contributed by atoms with E-state index < -0.39 is 12.3 Å². The van der Waals surface area contributed by atoms with E-state index in [1.165, 1.54) is 12.3 Å². The zero-order valence-electron chi connectivity index (χ0n) is 18.0. The number of carbonyl (C=O) groups is 2. The minimum Gasteiger partial charge on any atom is -0.473 e. The van der Waals surface area contributed by atoms with Gasteiger partial charge in [-0.15, -0.1) is 0 Å². The second-order valence-electron chi connectivity index (χ2n) is 6.98. The van der Waals surface area contributed by atoms with Gasteiger partial charge in [-0.05, 0) is 29.3 Å². The van der Waals surface area contributed by atoms with E-state index in [-0.39, 0.29) is 22.4 Å². The quantitative estimate of drug-likeness (QED) is 0.329. The van der Waals surface area contributed by atoms with Crippen molar-refractivity contribution in [2.45, 2.75) is 13.0 Å². The lowest BCUT2D eigenvalue weighted by atomic mass is 10.1. The molecule has 0 aliphatic rings. The minimum absolute atomic E-state index is 0.161. The Labute approximate surface area is 197 Å². The monoisotopic (exact) mass is 478 g/mol. The second-order valence-corrected chi connectivity index (χ2v) is 6.98. The maximum Gasteiger partial charge on any atom is 0.533 e. The molecule has 4 rings (SSSR count). The highest BCUT2D eigenvalue weighted by Crippen LogP contribution is 2.30. The summed E-state index contributed by atoms with van der Waals surface area (Å²) in [6.07, 6.45) is -0.181. The Hall–Kier alpha value is -5.13. The van der Waals surface area contributed by atoms with Crippen molar-refractivity contribution in [3.8, 4) is 17.2 Å². The molecule has 0 aliphatic carbocycles. The van der Waals surface area contributed by atoms with Gasteiger partial charge in [0.2, 0.25) is 11.7 Å². The number of carboxylic acid groups (broad SMARTS) is 2. The number of aromatic nitrogens is 3. The van der Waals surface area contributed by atoms with Gasteiger partial charge in [-0.25, -0.2) is 19.6 Å². The Morgan fingerprint density at radius 3 is 2.29 bits per heavy atom. The molecule has 1 aromatic carbocycles. The lowest BCUT2D eigenvalue weighted by Gasteiger charge is -2.17. The first kappa shape index (κ1) is 23.0. The maximum atomic E-state index is 10.9. The summed E-state index contributed by atoms with van der Waals surface area (Å²) in [5, 5.41) is 22.0. The van der Waals surface area contributed by atoms with Crippen LogP contribution in [0.15, 0.2) is 77.6 Å². The molecule has 12 heteroatoms. The van der Waals surface area contributed by atoms with Gasteiger partial charge in [0.1, 0.15) is 6.61 Å². The van der Waals surface area contributed by atoms with Gasteiger partial charge in [-0.1, -0.05) is 35.5 Å². The van der Waals surface area contributed by atoms with Gasteiger partial charge >= 0.3 is 12.3 Å². The topological polar surface area (TPSA) is 157 Å². The molecule has 12 nitrogen and oxygen atoms in total. The summed E-state index contributed by atoms with van der Waals surface area (Å²) >= 11 is 0. The van der Waals surface area contributed by atoms with Crippen molar-refractivity contribution in [3.63, 3.8) is 0 Å². The summed E-state index contributed by atoms with van der Waals surface area (Å²) in [7, 11) is 0. The number of nitrogens with zero attached hydrogens (tertiary/aromatic N) is 4. The van der Waals surface area contributed by atoms with E-state index in [1.54, 1.807) is 24.4 Å². The number of benzene rings is 1. The molecule has 0 aliphatic heterocycles. The van der Waals surface area contributed by atoms with Gasteiger partial charge in [0, 0.05) is 36.2 Å². The van der Waals surface area contributed by atoms with E-state index in [1.807, 2.05) is 36.4 Å². The van der Waals surface area contributed by atoms with Crippen molar-refractivity contribution in [2.24, 2.45) is 0 Å². The SMILES string of the molecule is O=C(O)ON(OC(=O)O)c1ncccc1-c1cc(Cc2ccc(COc3ccccn3)cc2)no1. The van der Waals surface area contributed by atoms with Gasteiger partial charge in [-0.2, -0.15) is 0 Å². The Balaban J connectivity index is 1.46. The van der Waals surface area contributed by atoms with E-state index >= 15 is 0 Å². The number of pyridine rings is 2. The molecule has 0 bridgehead atoms. The molecule has 178 valence electrons. The highest BCUT2D eigenvalue weighted by atomic mass is 17.0. The van der Waals surface area contributed by atoms with Crippen molar-refractivity contribution >= 4 is 18.1 Å². The molecular formula is C23H18N4O8. The van der Waals surface area contributed by atoms with Crippen molar-refractivity contribution in [1.29, 1.82) is 0 Å². The molecule has 0 unspecified atom stereocenters. The van der Waals surface area contributed by atoms with Crippen LogP contribution in [0.1, 0.15) is 16.8 Å². The molecule has 0 saturated carbocycles. The zero-order chi connectivity index (χ0) is 24.6. The fraction of sp³-hybridized carbons (Fsp3) is 0.0870. The predicted molar refractivity (Wildman–Crippen MR) is 118 cm³/mol. The van der Waals surface area contributed by atoms with Crippen molar-refractivity contribution in [1.82, 2.24) is 15.1 Å². The lowest BCUT2D eigenvalue weighted by molar-refractivity contribution is -0.0464. The molecule has 0 spiro atoms. The van der Waals surface area contributed by atoms with Crippen LogP contribution in [0.25, 0.3) is 11.3 Å². The van der Waals surface area contributed by atoms with Crippen LogP contribution in [0.4, 0.5) is 15.4 Å². The van der Waals surface area contributed by atoms with Crippen LogP contribution in [-0.2, 0) is 22.7 Å². The van der Waals surface area contributed by atoms with E-state index in [2.05, 4.69) is 24.8 Å². The average molecular weight is 478 g/mol. The third-order valence-corrected chi connectivity index (χ3v) is 4.54. The smallest absolute Gasteiger partial charge is 0.473 e. The van der Waals surface area contributed by atoms with Crippen LogP contribution in [0, 0.1) is 0 Å². The Morgan fingerprint density at radius 2 is 1.60 bits per heavy atom. The number of ether oxygens (including phenoxy) is 1. The summed E-state index contributed by atoms with van der Waals surface area (Å²) < 4.78 is 11.0. The first-order chi connectivity index (χ1) is 17.0. The molecule has 0 radical (unpaired) electrons. The Kier molecular flexibility index (Phi) is 7.02. The molecule has 0 saturated heterocycles. The fourth-order valence-electron chi connectivity index (χ4n) is 3.06. The van der Waals surface area contributed by atoms with Gasteiger partial charge in [0.15, 0.2) is 5.76 Å². The van der Waals surface area contributed by atoms with Crippen molar-refractivity contribution in [2.75, 3.05) is 5.23 Å². The highest BCUT2D eigenvalue weighted by molar-refractivity contribution is 5.73. The fourth-order valence-corrected chi connectivity index (χ4v) is 3.06. The molecule has 35 heavy (non-hydrogen) atoms. The largest absolute Gasteiger partial charge is 0.533 e. The van der Waals surface area contributed by atoms with Gasteiger partial charge in [0.05, 0.1) is 11.3 Å². The van der Waals surface area contributed by atoms with Crippen LogP contribution in [-0.4, -0.2) is 37.6 Å². The Morgan fingerprint density at radius 1 is 0.886 bits per heavy atom. The lowest BCUT2D eigenvalue weighted by Crippen LogP contribution is -2.30. The van der Waals surface area contributed by atoms with Crippen LogP contribution >= 0.6 is 0 Å². The summed E-state index contributed by atoms with van der Waals surface area (Å²) in [4.78, 5) is 38.7. The first-order valence-electron chi connectivity index (χ1n) is 10.1. The minimum atomic E-state index is -1.80. The molecule has 0 amide bonds. The zero-order valence-corrected chi connectivity index (χ0v) is 18.0. The Bertz CT molecular complexity index is 1280. The van der Waals surface area contributed by atoms with E-state index in [0.29, 0.717) is 24.6 Å². The summed E-state index contributed by atoms with van der Waals surface area (Å²) in [6, 6.07) is 17.9. The first-order valence-corrected chi connectivity index (χ1v) is 10.1. The summed E-state index contributed by atoms with van der Waals surface area (Å²) in [6.45, 7) is 0.377. The van der Waals surface area contributed by atoms with Crippen LogP contribution in [0.5, 0.6) is 5.88 Å². The number of rotatable bonds is 9. The number of anilines is 1. The standard InChI is InChI=1S/C23H18N4O8/c28-22(29)34-27(35-23(30)31)21-18(4-3-11-25-21)19-13-17(26-33-19)12-15-6-8-16(9-7-15)14-32-20-5-1-2-10-24-20/h1-11,13H,12,14H2,(H,28,29)(H,30,31). The van der Waals surface area contributed by atoms with Crippen LogP contribution in [0.3, 0.4) is 0 Å². The van der Waals surface area contributed by atoms with E-state index in [0.717, 1.165) is 11.1 Å². The third kappa shape index (κ3) is 6.22. The van der Waals surface area contributed by atoms with Gasteiger partial charge in [-0.3, -0.25) is 9.68 Å². The van der Waals surface area contributed by atoms with Gasteiger partial charge in [0.25, 0.3) is 0 Å².